The van der Waals surface area contributed by atoms with Gasteiger partial charge in [0, 0.05) is 35.6 Å². The molecular formula is C28H34FN3O4S. The molecule has 37 heavy (non-hydrogen) atoms. The lowest BCUT2D eigenvalue weighted by atomic mass is 9.71. The Bertz CT molecular complexity index is 1180. The fraction of sp³-hybridized carbons (Fsp3) is 0.464. The monoisotopic (exact) mass is 527 g/mol. The number of aliphatic hydroxyl groups excluding tert-OH is 1. The summed E-state index contributed by atoms with van der Waals surface area (Å²) >= 11 is 1.72. The summed E-state index contributed by atoms with van der Waals surface area (Å²) in [5, 5.41) is 22.6. The van der Waals surface area contributed by atoms with Crippen molar-refractivity contribution in [3.8, 4) is 5.75 Å². The van der Waals surface area contributed by atoms with E-state index in [1.165, 1.54) is 6.20 Å². The first kappa shape index (κ1) is 27.3. The fourth-order valence-electron chi connectivity index (χ4n) is 5.25. The molecule has 3 aromatic rings. The van der Waals surface area contributed by atoms with Crippen molar-refractivity contribution in [1.82, 2.24) is 14.9 Å². The minimum atomic E-state index is -0.929. The molecule has 2 aromatic heterocycles. The maximum atomic E-state index is 13.9. The van der Waals surface area contributed by atoms with Crippen LogP contribution in [-0.2, 0) is 11.5 Å². The molecule has 0 amide bonds. The van der Waals surface area contributed by atoms with E-state index in [1.807, 2.05) is 18.2 Å². The predicted molar refractivity (Wildman–Crippen MR) is 143 cm³/mol. The van der Waals surface area contributed by atoms with E-state index in [1.54, 1.807) is 43.3 Å². The van der Waals surface area contributed by atoms with Crippen LogP contribution in [0.4, 0.5) is 4.39 Å². The second kappa shape index (κ2) is 12.7. The van der Waals surface area contributed by atoms with Gasteiger partial charge in [-0.15, -0.1) is 11.8 Å². The van der Waals surface area contributed by atoms with Gasteiger partial charge in [-0.05, 0) is 80.1 Å². The molecule has 0 saturated carbocycles. The first-order valence-electron chi connectivity index (χ1n) is 12.6. The number of carboxylic acid groups (broad SMARTS) is 1. The summed E-state index contributed by atoms with van der Waals surface area (Å²) in [6, 6.07) is 11.2. The number of pyridine rings is 2. The van der Waals surface area contributed by atoms with E-state index in [9.17, 15) is 19.4 Å². The van der Waals surface area contributed by atoms with E-state index in [2.05, 4.69) is 14.9 Å². The smallest absolute Gasteiger partial charge is 0.303 e. The van der Waals surface area contributed by atoms with Gasteiger partial charge in [0.25, 0.3) is 0 Å². The third-order valence-electron chi connectivity index (χ3n) is 7.36. The van der Waals surface area contributed by atoms with E-state index in [0.717, 1.165) is 43.3 Å². The molecule has 9 heteroatoms. The van der Waals surface area contributed by atoms with E-state index in [-0.39, 0.29) is 6.42 Å². The number of aliphatic carboxylic acids is 1. The SMILES string of the molecule is COc1ccc2ncc(CF)c([C@H](O)CCC3(CC(=O)O)CCN(CCSc4ccccn4)CC3)c2c1. The Labute approximate surface area is 221 Å². The molecule has 198 valence electrons. The normalized spacial score (nSPS) is 16.5. The van der Waals surface area contributed by atoms with Gasteiger partial charge in [-0.2, -0.15) is 0 Å². The van der Waals surface area contributed by atoms with Crippen LogP contribution in [-0.4, -0.2) is 63.5 Å². The molecule has 1 saturated heterocycles. The van der Waals surface area contributed by atoms with Crippen LogP contribution in [0.15, 0.2) is 53.8 Å². The van der Waals surface area contributed by atoms with Gasteiger partial charge in [0.1, 0.15) is 12.4 Å². The van der Waals surface area contributed by atoms with E-state index in [4.69, 9.17) is 4.74 Å². The molecule has 0 unspecified atom stereocenters. The van der Waals surface area contributed by atoms with Crippen molar-refractivity contribution in [1.29, 1.82) is 0 Å². The number of carbonyl (C=O) groups is 1. The van der Waals surface area contributed by atoms with Gasteiger partial charge in [0.05, 0.1) is 30.2 Å². The lowest BCUT2D eigenvalue weighted by Crippen LogP contribution is -2.42. The van der Waals surface area contributed by atoms with Crippen molar-refractivity contribution < 1.29 is 24.1 Å². The highest BCUT2D eigenvalue weighted by Crippen LogP contribution is 2.42. The summed E-state index contributed by atoms with van der Waals surface area (Å²) in [4.78, 5) is 22.8. The van der Waals surface area contributed by atoms with Crippen molar-refractivity contribution in [2.24, 2.45) is 5.41 Å². The molecule has 0 spiro atoms. The number of carboxylic acids is 1. The van der Waals surface area contributed by atoms with E-state index < -0.39 is 24.2 Å². The van der Waals surface area contributed by atoms with Crippen LogP contribution in [0.1, 0.15) is 49.3 Å². The highest BCUT2D eigenvalue weighted by atomic mass is 32.2. The Morgan fingerprint density at radius 2 is 2.05 bits per heavy atom. The Balaban J connectivity index is 1.42. The first-order chi connectivity index (χ1) is 17.9. The highest BCUT2D eigenvalue weighted by molar-refractivity contribution is 7.99. The first-order valence-corrected chi connectivity index (χ1v) is 13.6. The predicted octanol–water partition coefficient (Wildman–Crippen LogP) is 5.27. The second-order valence-corrected chi connectivity index (χ2v) is 10.8. The zero-order chi connectivity index (χ0) is 26.3. The third kappa shape index (κ3) is 6.97. The molecule has 0 bridgehead atoms. The van der Waals surface area contributed by atoms with Crippen LogP contribution in [0.3, 0.4) is 0 Å². The third-order valence-corrected chi connectivity index (χ3v) is 8.29. The summed E-state index contributed by atoms with van der Waals surface area (Å²) in [5.41, 5.74) is 1.12. The quantitative estimate of drug-likeness (QED) is 0.308. The van der Waals surface area contributed by atoms with Gasteiger partial charge in [-0.3, -0.25) is 9.78 Å². The molecule has 1 fully saturated rings. The number of ether oxygens (including phenoxy) is 1. The maximum Gasteiger partial charge on any atom is 0.303 e. The number of methoxy groups -OCH3 is 1. The van der Waals surface area contributed by atoms with Crippen LogP contribution >= 0.6 is 11.8 Å². The number of aromatic nitrogens is 2. The Kier molecular flexibility index (Phi) is 9.34. The number of piperidine rings is 1. The number of alkyl halides is 1. The van der Waals surface area contributed by atoms with Crippen LogP contribution in [0, 0.1) is 5.41 Å². The lowest BCUT2D eigenvalue weighted by molar-refractivity contribution is -0.141. The van der Waals surface area contributed by atoms with Gasteiger partial charge in [-0.25, -0.2) is 9.37 Å². The van der Waals surface area contributed by atoms with Crippen LogP contribution in [0.5, 0.6) is 5.75 Å². The van der Waals surface area contributed by atoms with Crippen LogP contribution in [0.2, 0.25) is 0 Å². The average molecular weight is 528 g/mol. The van der Waals surface area contributed by atoms with Gasteiger partial charge in [0.2, 0.25) is 0 Å². The van der Waals surface area contributed by atoms with Crippen molar-refractivity contribution >= 4 is 28.6 Å². The molecule has 2 N–H and O–H groups in total. The minimum Gasteiger partial charge on any atom is -0.497 e. The zero-order valence-corrected chi connectivity index (χ0v) is 21.9. The number of hydrogen-bond donors (Lipinski definition) is 2. The molecule has 1 atom stereocenters. The summed E-state index contributed by atoms with van der Waals surface area (Å²) in [6.45, 7) is 1.81. The van der Waals surface area contributed by atoms with Crippen molar-refractivity contribution in [2.45, 2.75) is 49.9 Å². The molecule has 0 aliphatic carbocycles. The van der Waals surface area contributed by atoms with E-state index >= 15 is 0 Å². The lowest BCUT2D eigenvalue weighted by Gasteiger charge is -2.41. The van der Waals surface area contributed by atoms with Crippen molar-refractivity contribution in [3.63, 3.8) is 0 Å². The molecule has 4 rings (SSSR count). The minimum absolute atomic E-state index is 0.0666. The topological polar surface area (TPSA) is 95.8 Å². The summed E-state index contributed by atoms with van der Waals surface area (Å²) in [7, 11) is 1.56. The Morgan fingerprint density at radius 3 is 2.73 bits per heavy atom. The molecule has 1 aliphatic heterocycles. The van der Waals surface area contributed by atoms with Gasteiger partial charge < -0.3 is 19.8 Å². The summed E-state index contributed by atoms with van der Waals surface area (Å²) in [6.07, 6.45) is 4.81. The largest absolute Gasteiger partial charge is 0.497 e. The van der Waals surface area contributed by atoms with Gasteiger partial charge in [0.15, 0.2) is 0 Å². The number of fused-ring (bicyclic) bond motifs is 1. The van der Waals surface area contributed by atoms with Crippen LogP contribution in [0.25, 0.3) is 10.9 Å². The number of likely N-dealkylation sites (tertiary alicyclic amines) is 1. The van der Waals surface area contributed by atoms with Gasteiger partial charge in [-0.1, -0.05) is 6.07 Å². The average Bonchev–Trinajstić information content (AvgIpc) is 2.92. The molecule has 0 radical (unpaired) electrons. The summed E-state index contributed by atoms with van der Waals surface area (Å²) < 4.78 is 19.2. The van der Waals surface area contributed by atoms with Gasteiger partial charge >= 0.3 is 5.97 Å². The second-order valence-electron chi connectivity index (χ2n) is 9.70. The number of rotatable bonds is 12. The van der Waals surface area contributed by atoms with Crippen LogP contribution < -0.4 is 4.74 Å². The maximum absolute atomic E-state index is 13.9. The molecule has 1 aliphatic rings. The summed E-state index contributed by atoms with van der Waals surface area (Å²) in [5.74, 6) is 0.707. The number of halogens is 1. The number of thioether (sulfide) groups is 1. The molecule has 3 heterocycles. The van der Waals surface area contributed by atoms with Crippen molar-refractivity contribution in [2.75, 3.05) is 32.5 Å². The number of aliphatic hydroxyl groups is 1. The molecule has 1 aromatic carbocycles. The Morgan fingerprint density at radius 1 is 1.24 bits per heavy atom. The number of hydrogen-bond acceptors (Lipinski definition) is 7. The van der Waals surface area contributed by atoms with Crippen molar-refractivity contribution in [3.05, 3.63) is 59.9 Å². The van der Waals surface area contributed by atoms with E-state index in [0.29, 0.717) is 40.6 Å². The molecular weight excluding hydrogens is 493 g/mol. The Hall–Kier alpha value is -2.75. The molecule has 7 nitrogen and oxygen atoms in total. The zero-order valence-electron chi connectivity index (χ0n) is 21.1. The fourth-order valence-corrected chi connectivity index (χ4v) is 6.12. The standard InChI is InChI=1S/C28H34FN3O4S/c1-36-21-5-6-23-22(16-21)27(20(18-29)19-31-23)24(33)7-8-28(17-26(34)35)9-12-32(13-10-28)14-15-37-25-4-2-3-11-30-25/h2-6,11,16,19,24,33H,7-10,12-15,17-18H2,1H3,(H,34,35)/t24-/m1/s1. The number of nitrogens with zero attached hydrogens (tertiary/aromatic N) is 3. The number of benzene rings is 1. The highest BCUT2D eigenvalue weighted by Gasteiger charge is 2.37.